The van der Waals surface area contributed by atoms with Gasteiger partial charge in [-0.25, -0.2) is 4.39 Å². The van der Waals surface area contributed by atoms with E-state index in [9.17, 15) is 4.39 Å². The second-order valence-electron chi connectivity index (χ2n) is 4.99. The maximum absolute atomic E-state index is 12.8. The normalized spacial score (nSPS) is 14.6. The van der Waals surface area contributed by atoms with E-state index in [0.29, 0.717) is 11.8 Å². The van der Waals surface area contributed by atoms with Gasteiger partial charge in [0.15, 0.2) is 0 Å². The maximum atomic E-state index is 12.8. The van der Waals surface area contributed by atoms with Crippen molar-refractivity contribution >= 4 is 0 Å². The van der Waals surface area contributed by atoms with Crippen LogP contribution in [0.15, 0.2) is 24.3 Å². The molecule has 0 radical (unpaired) electrons. The van der Waals surface area contributed by atoms with E-state index in [2.05, 4.69) is 26.1 Å². The fourth-order valence-electron chi connectivity index (χ4n) is 1.90. The summed E-state index contributed by atoms with van der Waals surface area (Å²) in [5.74, 6) is 1.11. The lowest BCUT2D eigenvalue weighted by Gasteiger charge is -2.20. The Kier molecular flexibility index (Phi) is 6.20. The number of hydrogen-bond donors (Lipinski definition) is 1. The highest BCUT2D eigenvalue weighted by molar-refractivity contribution is 5.16. The van der Waals surface area contributed by atoms with Gasteiger partial charge in [-0.05, 0) is 55.5 Å². The third-order valence-corrected chi connectivity index (χ3v) is 3.34. The summed E-state index contributed by atoms with van der Waals surface area (Å²) in [5.41, 5.74) is 1.22. The van der Waals surface area contributed by atoms with Crippen LogP contribution in [0.5, 0.6) is 0 Å². The van der Waals surface area contributed by atoms with Gasteiger partial charge >= 0.3 is 0 Å². The summed E-state index contributed by atoms with van der Waals surface area (Å²) in [5, 5.41) is 3.45. The van der Waals surface area contributed by atoms with Gasteiger partial charge in [-0.1, -0.05) is 32.9 Å². The maximum Gasteiger partial charge on any atom is 0.123 e. The van der Waals surface area contributed by atoms with E-state index in [4.69, 9.17) is 0 Å². The third kappa shape index (κ3) is 5.31. The highest BCUT2D eigenvalue weighted by atomic mass is 19.1. The molecule has 1 N–H and O–H groups in total. The molecule has 0 saturated heterocycles. The first-order valence-corrected chi connectivity index (χ1v) is 6.58. The van der Waals surface area contributed by atoms with Crippen LogP contribution in [-0.4, -0.2) is 13.1 Å². The molecule has 0 aliphatic heterocycles. The van der Waals surface area contributed by atoms with E-state index in [0.717, 1.165) is 19.5 Å². The Bertz CT molecular complexity index is 307. The molecule has 1 aromatic carbocycles. The quantitative estimate of drug-likeness (QED) is 0.714. The first-order chi connectivity index (χ1) is 8.13. The van der Waals surface area contributed by atoms with Crippen LogP contribution in [0.1, 0.15) is 32.8 Å². The van der Waals surface area contributed by atoms with Crippen molar-refractivity contribution in [2.45, 2.75) is 33.6 Å². The number of rotatable bonds is 7. The van der Waals surface area contributed by atoms with E-state index >= 15 is 0 Å². The number of hydrogen-bond acceptors (Lipinski definition) is 1. The molecule has 0 fully saturated rings. The summed E-state index contributed by atoms with van der Waals surface area (Å²) >= 11 is 0. The van der Waals surface area contributed by atoms with Crippen LogP contribution in [0.4, 0.5) is 4.39 Å². The largest absolute Gasteiger partial charge is 0.316 e. The Labute approximate surface area is 104 Å². The molecule has 0 aliphatic rings. The van der Waals surface area contributed by atoms with Crippen LogP contribution in [-0.2, 0) is 6.42 Å². The summed E-state index contributed by atoms with van der Waals surface area (Å²) in [7, 11) is 0. The van der Waals surface area contributed by atoms with Gasteiger partial charge in [-0.2, -0.15) is 0 Å². The second kappa shape index (κ2) is 7.44. The Balaban J connectivity index is 2.37. The fourth-order valence-corrected chi connectivity index (χ4v) is 1.90. The number of nitrogens with one attached hydrogen (secondary N) is 1. The highest BCUT2D eigenvalue weighted by Crippen LogP contribution is 2.16. The molecule has 0 heterocycles. The molecule has 0 saturated carbocycles. The minimum absolute atomic E-state index is 0.154. The van der Waals surface area contributed by atoms with Crippen molar-refractivity contribution in [1.82, 2.24) is 5.32 Å². The lowest BCUT2D eigenvalue weighted by Crippen LogP contribution is -2.26. The summed E-state index contributed by atoms with van der Waals surface area (Å²) in [4.78, 5) is 0. The molecule has 1 aromatic rings. The molecule has 1 nitrogen and oxygen atoms in total. The minimum Gasteiger partial charge on any atom is -0.316 e. The van der Waals surface area contributed by atoms with Gasteiger partial charge < -0.3 is 5.32 Å². The zero-order valence-electron chi connectivity index (χ0n) is 11.2. The van der Waals surface area contributed by atoms with Gasteiger partial charge in [0.25, 0.3) is 0 Å². The van der Waals surface area contributed by atoms with Gasteiger partial charge in [0, 0.05) is 0 Å². The molecule has 2 atom stereocenters. The standard InChI is InChI=1S/C15H24FN/c1-4-9-17-11-13(3)12(2)10-14-5-7-15(16)8-6-14/h5-8,12-13,17H,4,9-11H2,1-3H3. The lowest BCUT2D eigenvalue weighted by molar-refractivity contribution is 0.365. The molecular formula is C15H24FN. The van der Waals surface area contributed by atoms with Gasteiger partial charge in [-0.15, -0.1) is 0 Å². The first kappa shape index (κ1) is 14.2. The zero-order chi connectivity index (χ0) is 12.7. The van der Waals surface area contributed by atoms with Gasteiger partial charge in [0.2, 0.25) is 0 Å². The smallest absolute Gasteiger partial charge is 0.123 e. The van der Waals surface area contributed by atoms with Crippen molar-refractivity contribution < 1.29 is 4.39 Å². The average Bonchev–Trinajstić information content (AvgIpc) is 2.32. The summed E-state index contributed by atoms with van der Waals surface area (Å²) in [6.07, 6.45) is 2.20. The molecule has 0 aliphatic carbocycles. The predicted molar refractivity (Wildman–Crippen MR) is 71.6 cm³/mol. The molecule has 0 amide bonds. The van der Waals surface area contributed by atoms with Crippen molar-refractivity contribution in [3.63, 3.8) is 0 Å². The van der Waals surface area contributed by atoms with Crippen LogP contribution in [0.2, 0.25) is 0 Å². The van der Waals surface area contributed by atoms with E-state index < -0.39 is 0 Å². The Morgan fingerprint density at radius 3 is 2.35 bits per heavy atom. The topological polar surface area (TPSA) is 12.0 Å². The number of benzene rings is 1. The minimum atomic E-state index is -0.154. The first-order valence-electron chi connectivity index (χ1n) is 6.58. The zero-order valence-corrected chi connectivity index (χ0v) is 11.2. The highest BCUT2D eigenvalue weighted by Gasteiger charge is 2.12. The summed E-state index contributed by atoms with van der Waals surface area (Å²) in [6, 6.07) is 6.86. The van der Waals surface area contributed by atoms with Crippen LogP contribution in [0.25, 0.3) is 0 Å². The third-order valence-electron chi connectivity index (χ3n) is 3.34. The fraction of sp³-hybridized carbons (Fsp3) is 0.600. The predicted octanol–water partition coefficient (Wildman–Crippen LogP) is 3.64. The Morgan fingerprint density at radius 1 is 1.12 bits per heavy atom. The van der Waals surface area contributed by atoms with Gasteiger partial charge in [-0.3, -0.25) is 0 Å². The second-order valence-corrected chi connectivity index (χ2v) is 4.99. The molecule has 0 spiro atoms. The Morgan fingerprint density at radius 2 is 1.76 bits per heavy atom. The molecule has 1 rings (SSSR count). The van der Waals surface area contributed by atoms with E-state index in [1.807, 2.05) is 12.1 Å². The van der Waals surface area contributed by atoms with Gasteiger partial charge in [0.05, 0.1) is 0 Å². The molecule has 2 heteroatoms. The van der Waals surface area contributed by atoms with Crippen molar-refractivity contribution in [3.05, 3.63) is 35.6 Å². The van der Waals surface area contributed by atoms with Crippen LogP contribution in [0.3, 0.4) is 0 Å². The Hall–Kier alpha value is -0.890. The van der Waals surface area contributed by atoms with E-state index in [1.54, 1.807) is 12.1 Å². The SMILES string of the molecule is CCCNCC(C)C(C)Cc1ccc(F)cc1. The molecule has 2 unspecified atom stereocenters. The van der Waals surface area contributed by atoms with Crippen LogP contribution >= 0.6 is 0 Å². The monoisotopic (exact) mass is 237 g/mol. The molecular weight excluding hydrogens is 213 g/mol. The summed E-state index contributed by atoms with van der Waals surface area (Å²) < 4.78 is 12.8. The molecule has 17 heavy (non-hydrogen) atoms. The van der Waals surface area contributed by atoms with Crippen molar-refractivity contribution in [2.24, 2.45) is 11.8 Å². The van der Waals surface area contributed by atoms with Crippen molar-refractivity contribution in [3.8, 4) is 0 Å². The van der Waals surface area contributed by atoms with Crippen molar-refractivity contribution in [1.29, 1.82) is 0 Å². The van der Waals surface area contributed by atoms with Gasteiger partial charge in [0.1, 0.15) is 5.82 Å². The van der Waals surface area contributed by atoms with E-state index in [-0.39, 0.29) is 5.82 Å². The van der Waals surface area contributed by atoms with Crippen LogP contribution < -0.4 is 5.32 Å². The molecule has 0 aromatic heterocycles. The van der Waals surface area contributed by atoms with Crippen LogP contribution in [0, 0.1) is 17.7 Å². The average molecular weight is 237 g/mol. The molecule has 0 bridgehead atoms. The molecule has 96 valence electrons. The lowest BCUT2D eigenvalue weighted by atomic mass is 9.89. The van der Waals surface area contributed by atoms with Crippen molar-refractivity contribution in [2.75, 3.05) is 13.1 Å². The number of halogens is 1. The summed E-state index contributed by atoms with van der Waals surface area (Å²) in [6.45, 7) is 8.88. The van der Waals surface area contributed by atoms with E-state index in [1.165, 1.54) is 12.0 Å².